The lowest BCUT2D eigenvalue weighted by molar-refractivity contribution is 0.0982. The molecule has 0 spiro atoms. The number of hydrogen-bond acceptors (Lipinski definition) is 2. The SMILES string of the molecule is CCC(=O)c1cc(-c2ccc(C)cc2)n(C(C)(C)C)n1. The first-order valence-electron chi connectivity index (χ1n) is 7.03. The van der Waals surface area contributed by atoms with Crippen LogP contribution in [0.3, 0.4) is 0 Å². The van der Waals surface area contributed by atoms with Gasteiger partial charge < -0.3 is 0 Å². The van der Waals surface area contributed by atoms with Crippen molar-refractivity contribution in [2.75, 3.05) is 0 Å². The van der Waals surface area contributed by atoms with Gasteiger partial charge in [-0.15, -0.1) is 0 Å². The summed E-state index contributed by atoms with van der Waals surface area (Å²) in [6.45, 7) is 10.2. The summed E-state index contributed by atoms with van der Waals surface area (Å²) in [6, 6.07) is 10.2. The summed E-state index contributed by atoms with van der Waals surface area (Å²) in [5.74, 6) is 0.0846. The Kier molecular flexibility index (Phi) is 3.80. The van der Waals surface area contributed by atoms with Gasteiger partial charge >= 0.3 is 0 Å². The Labute approximate surface area is 120 Å². The van der Waals surface area contributed by atoms with Gasteiger partial charge in [0.1, 0.15) is 5.69 Å². The molecule has 1 heterocycles. The van der Waals surface area contributed by atoms with Crippen molar-refractivity contribution in [1.29, 1.82) is 0 Å². The molecule has 0 atom stereocenters. The Morgan fingerprint density at radius 1 is 1.20 bits per heavy atom. The standard InChI is InChI=1S/C17H22N2O/c1-6-16(20)14-11-15(19(18-14)17(3,4)5)13-9-7-12(2)8-10-13/h7-11H,6H2,1-5H3. The maximum absolute atomic E-state index is 11.9. The normalized spacial score (nSPS) is 11.7. The molecule has 2 aromatic rings. The second kappa shape index (κ2) is 5.23. The summed E-state index contributed by atoms with van der Waals surface area (Å²) >= 11 is 0. The van der Waals surface area contributed by atoms with E-state index in [4.69, 9.17) is 0 Å². The Bertz CT molecular complexity index is 615. The van der Waals surface area contributed by atoms with Crippen LogP contribution in [0.15, 0.2) is 30.3 Å². The molecule has 0 bridgehead atoms. The third-order valence-electron chi connectivity index (χ3n) is 3.30. The molecule has 3 nitrogen and oxygen atoms in total. The van der Waals surface area contributed by atoms with Crippen LogP contribution in [0.2, 0.25) is 0 Å². The maximum atomic E-state index is 11.9. The van der Waals surface area contributed by atoms with Crippen molar-refractivity contribution in [3.63, 3.8) is 0 Å². The third kappa shape index (κ3) is 2.82. The van der Waals surface area contributed by atoms with Gasteiger partial charge in [-0.1, -0.05) is 36.8 Å². The highest BCUT2D eigenvalue weighted by Gasteiger charge is 2.22. The van der Waals surface area contributed by atoms with E-state index in [2.05, 4.69) is 57.1 Å². The van der Waals surface area contributed by atoms with Gasteiger partial charge in [0.05, 0.1) is 11.2 Å². The summed E-state index contributed by atoms with van der Waals surface area (Å²) < 4.78 is 1.94. The summed E-state index contributed by atoms with van der Waals surface area (Å²) in [4.78, 5) is 11.9. The maximum Gasteiger partial charge on any atom is 0.182 e. The number of aryl methyl sites for hydroxylation is 1. The fourth-order valence-electron chi connectivity index (χ4n) is 2.14. The molecule has 0 aliphatic carbocycles. The van der Waals surface area contributed by atoms with Gasteiger partial charge in [0, 0.05) is 6.42 Å². The number of benzene rings is 1. The van der Waals surface area contributed by atoms with Gasteiger partial charge in [-0.25, -0.2) is 0 Å². The first-order valence-corrected chi connectivity index (χ1v) is 7.03. The largest absolute Gasteiger partial charge is 0.292 e. The van der Waals surface area contributed by atoms with Crippen molar-refractivity contribution in [3.05, 3.63) is 41.6 Å². The number of nitrogens with zero attached hydrogens (tertiary/aromatic N) is 2. The van der Waals surface area contributed by atoms with Crippen LogP contribution in [0.25, 0.3) is 11.3 Å². The van der Waals surface area contributed by atoms with Gasteiger partial charge in [0.25, 0.3) is 0 Å². The molecule has 1 aromatic heterocycles. The second-order valence-corrected chi connectivity index (χ2v) is 6.14. The number of carbonyl (C=O) groups is 1. The Morgan fingerprint density at radius 2 is 1.80 bits per heavy atom. The van der Waals surface area contributed by atoms with E-state index in [9.17, 15) is 4.79 Å². The molecule has 1 aromatic carbocycles. The van der Waals surface area contributed by atoms with Gasteiger partial charge in [-0.2, -0.15) is 5.10 Å². The lowest BCUT2D eigenvalue weighted by Gasteiger charge is -2.22. The zero-order chi connectivity index (χ0) is 14.9. The number of carbonyl (C=O) groups excluding carboxylic acids is 1. The van der Waals surface area contributed by atoms with Crippen molar-refractivity contribution >= 4 is 5.78 Å². The summed E-state index contributed by atoms with van der Waals surface area (Å²) in [5, 5.41) is 4.52. The first kappa shape index (κ1) is 14.5. The average molecular weight is 270 g/mol. The molecule has 0 saturated heterocycles. The molecule has 0 N–H and O–H groups in total. The average Bonchev–Trinajstić information content (AvgIpc) is 2.83. The molecule has 3 heteroatoms. The van der Waals surface area contributed by atoms with Crippen molar-refractivity contribution in [1.82, 2.24) is 9.78 Å². The molecule has 106 valence electrons. The number of rotatable bonds is 3. The van der Waals surface area contributed by atoms with Crippen LogP contribution >= 0.6 is 0 Å². The lowest BCUT2D eigenvalue weighted by atomic mass is 10.1. The van der Waals surface area contributed by atoms with Crippen molar-refractivity contribution in [3.8, 4) is 11.3 Å². The van der Waals surface area contributed by atoms with Crippen LogP contribution < -0.4 is 0 Å². The highest BCUT2D eigenvalue weighted by molar-refractivity contribution is 5.95. The van der Waals surface area contributed by atoms with Crippen LogP contribution in [0.4, 0.5) is 0 Å². The van der Waals surface area contributed by atoms with Crippen molar-refractivity contribution in [2.45, 2.75) is 46.6 Å². The lowest BCUT2D eigenvalue weighted by Crippen LogP contribution is -2.24. The molecule has 20 heavy (non-hydrogen) atoms. The number of aromatic nitrogens is 2. The Hall–Kier alpha value is -1.90. The third-order valence-corrected chi connectivity index (χ3v) is 3.30. The van der Waals surface area contributed by atoms with Gasteiger partial charge in [-0.05, 0) is 39.3 Å². The molecule has 0 unspecified atom stereocenters. The minimum Gasteiger partial charge on any atom is -0.292 e. The van der Waals surface area contributed by atoms with Crippen LogP contribution in [0, 0.1) is 6.92 Å². The monoisotopic (exact) mass is 270 g/mol. The summed E-state index contributed by atoms with van der Waals surface area (Å²) in [5.41, 5.74) is 3.70. The molecule has 0 aliphatic heterocycles. The van der Waals surface area contributed by atoms with Gasteiger partial charge in [0.2, 0.25) is 0 Å². The molecule has 0 saturated carbocycles. The Morgan fingerprint density at radius 3 is 2.30 bits per heavy atom. The fraction of sp³-hybridized carbons (Fsp3) is 0.412. The van der Waals surface area contributed by atoms with E-state index in [0.29, 0.717) is 12.1 Å². The van der Waals surface area contributed by atoms with Crippen LogP contribution in [0.5, 0.6) is 0 Å². The highest BCUT2D eigenvalue weighted by Crippen LogP contribution is 2.27. The summed E-state index contributed by atoms with van der Waals surface area (Å²) in [7, 11) is 0. The predicted octanol–water partition coefficient (Wildman–Crippen LogP) is 4.21. The molecule has 2 rings (SSSR count). The van der Waals surface area contributed by atoms with E-state index >= 15 is 0 Å². The first-order chi connectivity index (χ1) is 9.32. The zero-order valence-corrected chi connectivity index (χ0v) is 12.9. The molecule has 0 radical (unpaired) electrons. The quantitative estimate of drug-likeness (QED) is 0.783. The molecule has 0 amide bonds. The van der Waals surface area contributed by atoms with Crippen LogP contribution in [-0.2, 0) is 5.54 Å². The van der Waals surface area contributed by atoms with Crippen molar-refractivity contribution in [2.24, 2.45) is 0 Å². The van der Waals surface area contributed by atoms with Gasteiger partial charge in [0.15, 0.2) is 5.78 Å². The minimum atomic E-state index is -0.160. The molecular weight excluding hydrogens is 248 g/mol. The van der Waals surface area contributed by atoms with E-state index in [0.717, 1.165) is 11.3 Å². The van der Waals surface area contributed by atoms with Crippen LogP contribution in [0.1, 0.15) is 50.2 Å². The second-order valence-electron chi connectivity index (χ2n) is 6.14. The van der Waals surface area contributed by atoms with Gasteiger partial charge in [-0.3, -0.25) is 9.48 Å². The topological polar surface area (TPSA) is 34.9 Å². The smallest absolute Gasteiger partial charge is 0.182 e. The van der Waals surface area contributed by atoms with Crippen LogP contribution in [-0.4, -0.2) is 15.6 Å². The Balaban J connectivity index is 2.58. The van der Waals surface area contributed by atoms with E-state index in [1.807, 2.05) is 17.7 Å². The summed E-state index contributed by atoms with van der Waals surface area (Å²) in [6.07, 6.45) is 0.481. The zero-order valence-electron chi connectivity index (χ0n) is 12.9. The van der Waals surface area contributed by atoms with E-state index in [1.165, 1.54) is 5.56 Å². The number of Topliss-reactive ketones (excluding diaryl/α,β-unsaturated/α-hetero) is 1. The van der Waals surface area contributed by atoms with E-state index < -0.39 is 0 Å². The molecular formula is C17H22N2O. The van der Waals surface area contributed by atoms with Crippen molar-refractivity contribution < 1.29 is 4.79 Å². The predicted molar refractivity (Wildman–Crippen MR) is 82.0 cm³/mol. The highest BCUT2D eigenvalue weighted by atomic mass is 16.1. The van der Waals surface area contributed by atoms with E-state index in [-0.39, 0.29) is 11.3 Å². The minimum absolute atomic E-state index is 0.0846. The molecule has 0 aliphatic rings. The molecule has 0 fully saturated rings. The van der Waals surface area contributed by atoms with E-state index in [1.54, 1.807) is 0 Å². The fourth-order valence-corrected chi connectivity index (χ4v) is 2.14. The number of hydrogen-bond donors (Lipinski definition) is 0. The number of ketones is 1.